The molecule has 7 rings (SSSR count). The van der Waals surface area contributed by atoms with Gasteiger partial charge >= 0.3 is 0 Å². The van der Waals surface area contributed by atoms with Gasteiger partial charge in [-0.25, -0.2) is 0 Å². The van der Waals surface area contributed by atoms with Gasteiger partial charge in [0.15, 0.2) is 23.4 Å². The van der Waals surface area contributed by atoms with Crippen LogP contribution < -0.4 is 23.7 Å². The van der Waals surface area contributed by atoms with Crippen LogP contribution in [0.3, 0.4) is 0 Å². The Labute approximate surface area is 314 Å². The summed E-state index contributed by atoms with van der Waals surface area (Å²) in [7, 11) is 0. The molecule has 1 aliphatic heterocycles. The highest BCUT2D eigenvalue weighted by molar-refractivity contribution is 9.11. The number of hydrogen-bond acceptors (Lipinski definition) is 6. The molecule has 0 spiro atoms. The first-order valence-corrected chi connectivity index (χ1v) is 18.3. The molecule has 0 bridgehead atoms. The van der Waals surface area contributed by atoms with Gasteiger partial charge in [-0.15, -0.1) is 0 Å². The van der Waals surface area contributed by atoms with Crippen molar-refractivity contribution in [3.8, 4) is 28.7 Å². The van der Waals surface area contributed by atoms with E-state index in [4.69, 9.17) is 23.7 Å². The molecule has 1 heterocycles. The number of hydrogen-bond donors (Lipinski definition) is 1. The van der Waals surface area contributed by atoms with E-state index >= 15 is 0 Å². The van der Waals surface area contributed by atoms with Crippen molar-refractivity contribution in [3.05, 3.63) is 182 Å². The number of ether oxygens (including phenoxy) is 5. The summed E-state index contributed by atoms with van der Waals surface area (Å²) in [5, 5.41) is 11.7. The van der Waals surface area contributed by atoms with E-state index in [1.165, 1.54) is 0 Å². The van der Waals surface area contributed by atoms with E-state index in [0.29, 0.717) is 64.1 Å². The summed E-state index contributed by atoms with van der Waals surface area (Å²) in [5.74, 6) is 2.82. The average Bonchev–Trinajstić information content (AvgIpc) is 3.18. The molecule has 2 atom stereocenters. The molecule has 6 nitrogen and oxygen atoms in total. The summed E-state index contributed by atoms with van der Waals surface area (Å²) < 4.78 is 33.5. The van der Waals surface area contributed by atoms with E-state index in [1.807, 2.05) is 140 Å². The molecule has 51 heavy (non-hydrogen) atoms. The summed E-state index contributed by atoms with van der Waals surface area (Å²) in [6, 6.07) is 45.6. The van der Waals surface area contributed by atoms with Gasteiger partial charge in [0.25, 0.3) is 0 Å². The second-order valence-electron chi connectivity index (χ2n) is 12.2. The fraction of sp³-hybridized carbons (Fsp3) is 0.163. The maximum Gasteiger partial charge on any atom is 0.162 e. The molecule has 0 aromatic heterocycles. The third kappa shape index (κ3) is 8.42. The van der Waals surface area contributed by atoms with Crippen molar-refractivity contribution in [1.29, 1.82) is 0 Å². The van der Waals surface area contributed by atoms with Crippen LogP contribution in [0.5, 0.6) is 28.7 Å². The zero-order valence-corrected chi connectivity index (χ0v) is 30.9. The number of halogens is 2. The van der Waals surface area contributed by atoms with Crippen molar-refractivity contribution >= 4 is 31.9 Å². The summed E-state index contributed by atoms with van der Waals surface area (Å²) >= 11 is 7.58. The largest absolute Gasteiger partial charge is 0.487 e. The highest BCUT2D eigenvalue weighted by Crippen LogP contribution is 2.54. The minimum absolute atomic E-state index is 0.284. The maximum atomic E-state index is 11.7. The van der Waals surface area contributed by atoms with Crippen LogP contribution in [0.25, 0.3) is 0 Å². The molecule has 1 N–H and O–H groups in total. The topological polar surface area (TPSA) is 66.4 Å². The lowest BCUT2D eigenvalue weighted by molar-refractivity contribution is 0.0185. The van der Waals surface area contributed by atoms with Gasteiger partial charge in [0.05, 0.1) is 6.10 Å². The zero-order chi connectivity index (χ0) is 35.0. The Morgan fingerprint density at radius 2 is 0.980 bits per heavy atom. The van der Waals surface area contributed by atoms with Gasteiger partial charge in [-0.1, -0.05) is 127 Å². The molecule has 0 aliphatic carbocycles. The maximum absolute atomic E-state index is 11.7. The summed E-state index contributed by atoms with van der Waals surface area (Å²) in [6.07, 6.45) is -1.31. The van der Waals surface area contributed by atoms with Gasteiger partial charge < -0.3 is 28.8 Å². The molecular formula is C43H36Br2O6. The van der Waals surface area contributed by atoms with Crippen molar-refractivity contribution < 1.29 is 28.8 Å². The summed E-state index contributed by atoms with van der Waals surface area (Å²) in [6.45, 7) is 1.41. The van der Waals surface area contributed by atoms with E-state index in [0.717, 1.165) is 33.4 Å². The second-order valence-corrected chi connectivity index (χ2v) is 13.8. The molecule has 0 radical (unpaired) electrons. The zero-order valence-electron chi connectivity index (χ0n) is 27.7. The minimum Gasteiger partial charge on any atom is -0.487 e. The van der Waals surface area contributed by atoms with Crippen molar-refractivity contribution in [2.45, 2.75) is 45.1 Å². The molecule has 0 saturated heterocycles. The molecular weight excluding hydrogens is 772 g/mol. The quantitative estimate of drug-likeness (QED) is 0.125. The lowest BCUT2D eigenvalue weighted by Gasteiger charge is -2.34. The Morgan fingerprint density at radius 3 is 1.49 bits per heavy atom. The molecule has 6 aromatic carbocycles. The summed E-state index contributed by atoms with van der Waals surface area (Å²) in [4.78, 5) is 0. The Balaban J connectivity index is 1.21. The predicted molar refractivity (Wildman–Crippen MR) is 204 cm³/mol. The fourth-order valence-corrected chi connectivity index (χ4v) is 7.51. The van der Waals surface area contributed by atoms with Crippen molar-refractivity contribution in [2.75, 3.05) is 0 Å². The highest BCUT2D eigenvalue weighted by Gasteiger charge is 2.37. The van der Waals surface area contributed by atoms with Gasteiger partial charge in [0, 0.05) is 12.0 Å². The first-order valence-electron chi connectivity index (χ1n) is 16.7. The van der Waals surface area contributed by atoms with Crippen LogP contribution in [-0.4, -0.2) is 11.2 Å². The number of aliphatic hydroxyl groups excluding tert-OH is 1. The van der Waals surface area contributed by atoms with Gasteiger partial charge in [0.1, 0.15) is 46.9 Å². The van der Waals surface area contributed by atoms with Gasteiger partial charge in [-0.3, -0.25) is 0 Å². The van der Waals surface area contributed by atoms with E-state index in [9.17, 15) is 5.11 Å². The SMILES string of the molecule is OC1Cc2c(OCc3ccccc3)c(Br)c(OCc3ccccc3)c(Br)c2OC1c1ccc(OCc2ccccc2)c(OCc2ccccc2)c1. The van der Waals surface area contributed by atoms with Crippen molar-refractivity contribution in [3.63, 3.8) is 0 Å². The smallest absolute Gasteiger partial charge is 0.162 e. The molecule has 1 aliphatic rings. The average molecular weight is 809 g/mol. The molecule has 2 unspecified atom stereocenters. The summed E-state index contributed by atoms with van der Waals surface area (Å²) in [5.41, 5.74) is 5.60. The number of fused-ring (bicyclic) bond motifs is 1. The highest BCUT2D eigenvalue weighted by atomic mass is 79.9. The number of rotatable bonds is 13. The van der Waals surface area contributed by atoms with Crippen LogP contribution in [0, 0.1) is 0 Å². The second kappa shape index (κ2) is 16.5. The van der Waals surface area contributed by atoms with Crippen LogP contribution in [0.2, 0.25) is 0 Å². The first kappa shape index (κ1) is 34.7. The normalized spacial score (nSPS) is 15.0. The molecule has 6 aromatic rings. The Bertz CT molecular complexity index is 2040. The monoisotopic (exact) mass is 806 g/mol. The predicted octanol–water partition coefficient (Wildman–Crippen LogP) is 10.6. The van der Waals surface area contributed by atoms with Crippen LogP contribution >= 0.6 is 31.9 Å². The Hall–Kier alpha value is -4.76. The fourth-order valence-electron chi connectivity index (χ4n) is 5.93. The van der Waals surface area contributed by atoms with E-state index in [1.54, 1.807) is 0 Å². The van der Waals surface area contributed by atoms with E-state index < -0.39 is 12.2 Å². The minimum atomic E-state index is -0.885. The third-order valence-corrected chi connectivity index (χ3v) is 10.0. The van der Waals surface area contributed by atoms with Crippen molar-refractivity contribution in [2.24, 2.45) is 0 Å². The van der Waals surface area contributed by atoms with Crippen LogP contribution in [0.4, 0.5) is 0 Å². The molecule has 0 fully saturated rings. The van der Waals surface area contributed by atoms with Crippen molar-refractivity contribution in [1.82, 2.24) is 0 Å². The Kier molecular flexibility index (Phi) is 11.2. The lowest BCUT2D eigenvalue weighted by atomic mass is 9.93. The third-order valence-electron chi connectivity index (χ3n) is 8.58. The number of benzene rings is 6. The van der Waals surface area contributed by atoms with Gasteiger partial charge in [-0.05, 0) is 71.8 Å². The molecule has 258 valence electrons. The van der Waals surface area contributed by atoms with Crippen LogP contribution in [0.15, 0.2) is 148 Å². The molecule has 0 amide bonds. The molecule has 8 heteroatoms. The van der Waals surface area contributed by atoms with Gasteiger partial charge in [0.2, 0.25) is 0 Å². The van der Waals surface area contributed by atoms with E-state index in [-0.39, 0.29) is 6.42 Å². The van der Waals surface area contributed by atoms with Crippen LogP contribution in [-0.2, 0) is 32.8 Å². The standard InChI is InChI=1S/C43H36Br2O6/c44-38-41(49-27-31-17-9-3-10-18-31)34-24-35(46)40(51-42(34)39(45)43(38)50-28-32-19-11-4-12-20-32)33-21-22-36(47-25-29-13-5-1-6-14-29)37(23-33)48-26-30-15-7-2-8-16-30/h1-23,35,40,46H,24-28H2. The van der Waals surface area contributed by atoms with Gasteiger partial charge in [-0.2, -0.15) is 0 Å². The Morgan fingerprint density at radius 1 is 0.529 bits per heavy atom. The lowest BCUT2D eigenvalue weighted by Crippen LogP contribution is -2.31. The first-order chi connectivity index (χ1) is 25.0. The van der Waals surface area contributed by atoms with Crippen LogP contribution in [0.1, 0.15) is 39.5 Å². The van der Waals surface area contributed by atoms with E-state index in [2.05, 4.69) is 31.9 Å². The molecule has 0 saturated carbocycles. The number of aliphatic hydroxyl groups is 1.